The molecule has 1 saturated heterocycles. The summed E-state index contributed by atoms with van der Waals surface area (Å²) in [5, 5.41) is 3.79. The number of carbonyl (C=O) groups is 1. The van der Waals surface area contributed by atoms with Crippen LogP contribution in [0.3, 0.4) is 0 Å². The van der Waals surface area contributed by atoms with Gasteiger partial charge in [-0.2, -0.15) is 0 Å². The van der Waals surface area contributed by atoms with Crippen molar-refractivity contribution in [1.29, 1.82) is 0 Å². The first-order valence-electron chi connectivity index (χ1n) is 10.3. The zero-order valence-electron chi connectivity index (χ0n) is 16.6. The Balaban J connectivity index is 1.53. The number of rotatable bonds is 3. The fraction of sp³-hybridized carbons (Fsp3) is 0.375. The number of allylic oxidation sites excluding steroid dienone is 2. The first kappa shape index (κ1) is 18.8. The van der Waals surface area contributed by atoms with Gasteiger partial charge < -0.3 is 15.0 Å². The Morgan fingerprint density at radius 1 is 1.14 bits per heavy atom. The third-order valence-corrected chi connectivity index (χ3v) is 7.14. The minimum absolute atomic E-state index is 0.106. The van der Waals surface area contributed by atoms with Crippen LogP contribution in [0, 0.1) is 5.92 Å². The van der Waals surface area contributed by atoms with E-state index in [1.165, 1.54) is 16.0 Å². The lowest BCUT2D eigenvalue weighted by Gasteiger charge is -2.39. The summed E-state index contributed by atoms with van der Waals surface area (Å²) < 4.78 is 5.43. The van der Waals surface area contributed by atoms with E-state index in [0.717, 1.165) is 17.7 Å². The number of nitrogens with one attached hydrogen (secondary N) is 1. The van der Waals surface area contributed by atoms with Crippen LogP contribution >= 0.6 is 11.8 Å². The van der Waals surface area contributed by atoms with Gasteiger partial charge in [0.2, 0.25) is 0 Å². The van der Waals surface area contributed by atoms with Crippen LogP contribution in [0.2, 0.25) is 0 Å². The Morgan fingerprint density at radius 3 is 2.69 bits per heavy atom. The summed E-state index contributed by atoms with van der Waals surface area (Å²) in [5.74, 6) is 0.944. The molecule has 150 valence electrons. The molecule has 1 N–H and O–H groups in total. The molecule has 5 rings (SSSR count). The second-order valence-electron chi connectivity index (χ2n) is 7.92. The van der Waals surface area contributed by atoms with Crippen molar-refractivity contribution in [2.45, 2.75) is 23.3 Å². The number of ether oxygens (including phenoxy) is 1. The molecule has 0 bridgehead atoms. The van der Waals surface area contributed by atoms with Gasteiger partial charge in [-0.25, -0.2) is 0 Å². The molecule has 29 heavy (non-hydrogen) atoms. The highest BCUT2D eigenvalue weighted by molar-refractivity contribution is 7.98. The van der Waals surface area contributed by atoms with Crippen molar-refractivity contribution in [3.8, 4) is 0 Å². The van der Waals surface area contributed by atoms with E-state index >= 15 is 0 Å². The number of hydrogen-bond acceptors (Lipinski definition) is 4. The quantitative estimate of drug-likeness (QED) is 0.592. The summed E-state index contributed by atoms with van der Waals surface area (Å²) in [6.45, 7) is 2.56. The predicted molar refractivity (Wildman–Crippen MR) is 118 cm³/mol. The smallest absolute Gasteiger partial charge is 0.256 e. The minimum atomic E-state index is 0.106. The van der Waals surface area contributed by atoms with Crippen molar-refractivity contribution < 1.29 is 9.53 Å². The van der Waals surface area contributed by atoms with Crippen LogP contribution < -0.4 is 5.32 Å². The SMILES string of the molecule is CSc1ccc(C2Nc3c(C(=O)N4CCOCC4)cccc3C3C=CCC32)cc1. The fourth-order valence-electron chi connectivity index (χ4n) is 4.88. The van der Waals surface area contributed by atoms with Crippen molar-refractivity contribution in [3.63, 3.8) is 0 Å². The van der Waals surface area contributed by atoms with E-state index in [0.29, 0.717) is 38.1 Å². The summed E-state index contributed by atoms with van der Waals surface area (Å²) in [5.41, 5.74) is 4.34. The van der Waals surface area contributed by atoms with E-state index in [4.69, 9.17) is 4.74 Å². The monoisotopic (exact) mass is 406 g/mol. The van der Waals surface area contributed by atoms with Gasteiger partial charge in [0, 0.05) is 23.9 Å². The van der Waals surface area contributed by atoms with Crippen molar-refractivity contribution in [1.82, 2.24) is 4.90 Å². The molecule has 0 saturated carbocycles. The lowest BCUT2D eigenvalue weighted by Crippen LogP contribution is -2.41. The number of carbonyl (C=O) groups excluding carboxylic acids is 1. The summed E-state index contributed by atoms with van der Waals surface area (Å²) in [7, 11) is 0. The zero-order valence-corrected chi connectivity index (χ0v) is 17.5. The standard InChI is InChI=1S/C24H26N2O2S/c1-29-17-10-8-16(9-11-17)22-19-5-2-4-18(19)20-6-3-7-21(23(20)25-22)24(27)26-12-14-28-15-13-26/h2-4,6-11,18-19,22,25H,5,12-15H2,1H3. The Bertz CT molecular complexity index is 934. The summed E-state index contributed by atoms with van der Waals surface area (Å²) >= 11 is 1.76. The van der Waals surface area contributed by atoms with Crippen LogP contribution in [0.5, 0.6) is 0 Å². The molecular formula is C24H26N2O2S. The van der Waals surface area contributed by atoms with Gasteiger partial charge in [0.15, 0.2) is 0 Å². The Hall–Kier alpha value is -2.24. The summed E-state index contributed by atoms with van der Waals surface area (Å²) in [6, 6.07) is 15.2. The Morgan fingerprint density at radius 2 is 1.93 bits per heavy atom. The molecule has 2 aromatic rings. The molecule has 2 aromatic carbocycles. The van der Waals surface area contributed by atoms with Crippen LogP contribution in [0.25, 0.3) is 0 Å². The van der Waals surface area contributed by atoms with E-state index in [-0.39, 0.29) is 11.9 Å². The number of para-hydroxylation sites is 1. The van der Waals surface area contributed by atoms with Crippen molar-refractivity contribution >= 4 is 23.4 Å². The van der Waals surface area contributed by atoms with E-state index < -0.39 is 0 Å². The zero-order chi connectivity index (χ0) is 19.8. The molecule has 3 aliphatic rings. The molecule has 4 nitrogen and oxygen atoms in total. The number of benzene rings is 2. The Kier molecular flexibility index (Phi) is 5.10. The number of morpholine rings is 1. The molecule has 2 aliphatic heterocycles. The first-order chi connectivity index (χ1) is 14.3. The topological polar surface area (TPSA) is 41.6 Å². The normalized spacial score (nSPS) is 25.3. The van der Waals surface area contributed by atoms with Crippen LogP contribution in [0.1, 0.15) is 39.9 Å². The van der Waals surface area contributed by atoms with Gasteiger partial charge in [-0.05, 0) is 47.9 Å². The molecule has 5 heteroatoms. The van der Waals surface area contributed by atoms with Gasteiger partial charge in [-0.1, -0.05) is 36.4 Å². The third-order valence-electron chi connectivity index (χ3n) is 6.40. The number of hydrogen-bond donors (Lipinski definition) is 1. The van der Waals surface area contributed by atoms with Crippen LogP contribution in [-0.2, 0) is 4.74 Å². The Labute approximate surface area is 176 Å². The molecule has 0 aromatic heterocycles. The first-order valence-corrected chi connectivity index (χ1v) is 11.6. The van der Waals surface area contributed by atoms with Gasteiger partial charge in [0.1, 0.15) is 0 Å². The summed E-state index contributed by atoms with van der Waals surface area (Å²) in [4.78, 5) is 16.5. The molecule has 1 fully saturated rings. The third kappa shape index (κ3) is 3.36. The number of fused-ring (bicyclic) bond motifs is 3. The second kappa shape index (κ2) is 7.88. The molecule has 0 spiro atoms. The molecule has 3 unspecified atom stereocenters. The van der Waals surface area contributed by atoms with Crippen LogP contribution in [0.4, 0.5) is 5.69 Å². The van der Waals surface area contributed by atoms with Crippen molar-refractivity contribution in [3.05, 3.63) is 71.3 Å². The maximum absolute atomic E-state index is 13.3. The summed E-state index contributed by atoms with van der Waals surface area (Å²) in [6.07, 6.45) is 7.79. The fourth-order valence-corrected chi connectivity index (χ4v) is 5.29. The van der Waals surface area contributed by atoms with E-state index in [1.54, 1.807) is 11.8 Å². The molecule has 2 heterocycles. The highest BCUT2D eigenvalue weighted by Gasteiger charge is 2.39. The van der Waals surface area contributed by atoms with E-state index in [1.807, 2.05) is 17.0 Å². The van der Waals surface area contributed by atoms with Gasteiger partial charge in [0.25, 0.3) is 5.91 Å². The molecule has 3 atom stereocenters. The number of nitrogens with zero attached hydrogens (tertiary/aromatic N) is 1. The van der Waals surface area contributed by atoms with Gasteiger partial charge in [-0.3, -0.25) is 4.79 Å². The van der Waals surface area contributed by atoms with E-state index in [9.17, 15) is 4.79 Å². The lowest BCUT2D eigenvalue weighted by molar-refractivity contribution is 0.0303. The van der Waals surface area contributed by atoms with Gasteiger partial charge in [-0.15, -0.1) is 11.8 Å². The molecule has 1 aliphatic carbocycles. The largest absolute Gasteiger partial charge is 0.378 e. The van der Waals surface area contributed by atoms with Gasteiger partial charge in [0.05, 0.1) is 30.5 Å². The maximum Gasteiger partial charge on any atom is 0.256 e. The molecular weight excluding hydrogens is 380 g/mol. The predicted octanol–water partition coefficient (Wildman–Crippen LogP) is 4.71. The highest BCUT2D eigenvalue weighted by Crippen LogP contribution is 2.50. The average Bonchev–Trinajstić information content (AvgIpc) is 3.29. The minimum Gasteiger partial charge on any atom is -0.378 e. The number of thioether (sulfide) groups is 1. The molecule has 1 amide bonds. The van der Waals surface area contributed by atoms with Crippen molar-refractivity contribution in [2.24, 2.45) is 5.92 Å². The van der Waals surface area contributed by atoms with Gasteiger partial charge >= 0.3 is 0 Å². The van der Waals surface area contributed by atoms with Crippen LogP contribution in [0.15, 0.2) is 59.5 Å². The number of anilines is 1. The van der Waals surface area contributed by atoms with E-state index in [2.05, 4.69) is 54.1 Å². The van der Waals surface area contributed by atoms with Crippen molar-refractivity contribution in [2.75, 3.05) is 37.9 Å². The van der Waals surface area contributed by atoms with Crippen LogP contribution in [-0.4, -0.2) is 43.4 Å². The second-order valence-corrected chi connectivity index (χ2v) is 8.80. The highest BCUT2D eigenvalue weighted by atomic mass is 32.2. The maximum atomic E-state index is 13.3. The average molecular weight is 407 g/mol. The molecule has 0 radical (unpaired) electrons. The number of amides is 1. The lowest BCUT2D eigenvalue weighted by atomic mass is 9.76.